The van der Waals surface area contributed by atoms with Gasteiger partial charge in [0.15, 0.2) is 0 Å². The molecule has 0 unspecified atom stereocenters. The molecule has 2 aromatic rings. The number of hydrogen-bond acceptors (Lipinski definition) is 5. The van der Waals surface area contributed by atoms with Crippen LogP contribution in [0.1, 0.15) is 35.3 Å². The van der Waals surface area contributed by atoms with Crippen LogP contribution in [0.3, 0.4) is 0 Å². The van der Waals surface area contributed by atoms with Crippen LogP contribution < -0.4 is 10.9 Å². The molecule has 0 aliphatic carbocycles. The lowest BCUT2D eigenvalue weighted by Gasteiger charge is -2.42. The fourth-order valence-corrected chi connectivity index (χ4v) is 4.38. The molecule has 1 N–H and O–H groups in total. The van der Waals surface area contributed by atoms with Crippen LogP contribution in [0.5, 0.6) is 0 Å². The van der Waals surface area contributed by atoms with E-state index in [9.17, 15) is 19.2 Å². The van der Waals surface area contributed by atoms with Crippen molar-refractivity contribution in [2.45, 2.75) is 25.8 Å². The second-order valence-corrected chi connectivity index (χ2v) is 7.63. The summed E-state index contributed by atoms with van der Waals surface area (Å²) in [6.45, 7) is 3.34. The van der Waals surface area contributed by atoms with Crippen LogP contribution >= 0.6 is 0 Å². The normalized spacial score (nSPS) is 19.6. The highest BCUT2D eigenvalue weighted by molar-refractivity contribution is 6.37. The van der Waals surface area contributed by atoms with E-state index in [4.69, 9.17) is 4.74 Å². The van der Waals surface area contributed by atoms with Crippen LogP contribution in [0.25, 0.3) is 0 Å². The van der Waals surface area contributed by atoms with E-state index in [1.807, 2.05) is 10.6 Å². The van der Waals surface area contributed by atoms with Crippen LogP contribution in [-0.4, -0.2) is 46.9 Å². The minimum atomic E-state index is -0.991. The number of esters is 1. The first-order chi connectivity index (χ1) is 14.5. The zero-order chi connectivity index (χ0) is 21.3. The summed E-state index contributed by atoms with van der Waals surface area (Å²) in [5, 5.41) is 2.48. The summed E-state index contributed by atoms with van der Waals surface area (Å²) < 4.78 is 6.53. The van der Waals surface area contributed by atoms with Gasteiger partial charge in [-0.15, -0.1) is 0 Å². The molecule has 156 valence electrons. The Hall–Kier alpha value is -3.42. The van der Waals surface area contributed by atoms with Gasteiger partial charge < -0.3 is 19.5 Å². The monoisotopic (exact) mass is 409 g/mol. The number of likely N-dealkylation sites (tertiary alicyclic amines) is 1. The Morgan fingerprint density at radius 2 is 1.87 bits per heavy atom. The lowest BCUT2D eigenvalue weighted by Crippen LogP contribution is -2.49. The van der Waals surface area contributed by atoms with Crippen molar-refractivity contribution >= 4 is 23.5 Å². The van der Waals surface area contributed by atoms with Crippen molar-refractivity contribution in [2.75, 3.05) is 25.0 Å². The van der Waals surface area contributed by atoms with E-state index in [0.29, 0.717) is 25.2 Å². The lowest BCUT2D eigenvalue weighted by molar-refractivity contribution is -0.152. The van der Waals surface area contributed by atoms with Crippen molar-refractivity contribution in [1.82, 2.24) is 9.47 Å². The minimum Gasteiger partial charge on any atom is -0.459 e. The number of anilines is 1. The summed E-state index contributed by atoms with van der Waals surface area (Å²) in [7, 11) is 0. The highest BCUT2D eigenvalue weighted by Gasteiger charge is 2.37. The van der Waals surface area contributed by atoms with E-state index in [2.05, 4.69) is 5.32 Å². The molecule has 0 spiro atoms. The van der Waals surface area contributed by atoms with E-state index in [-0.39, 0.29) is 35.6 Å². The molecule has 2 amide bonds. The van der Waals surface area contributed by atoms with E-state index >= 15 is 0 Å². The third kappa shape index (κ3) is 3.72. The van der Waals surface area contributed by atoms with Crippen LogP contribution in [0.15, 0.2) is 47.3 Å². The van der Waals surface area contributed by atoms with Gasteiger partial charge in [-0.25, -0.2) is 4.79 Å². The first-order valence-electron chi connectivity index (χ1n) is 10.0. The van der Waals surface area contributed by atoms with Gasteiger partial charge in [0.2, 0.25) is 0 Å². The van der Waals surface area contributed by atoms with Crippen molar-refractivity contribution in [3.8, 4) is 0 Å². The summed E-state index contributed by atoms with van der Waals surface area (Å²) >= 11 is 0. The smallest absolute Gasteiger partial charge is 0.397 e. The summed E-state index contributed by atoms with van der Waals surface area (Å²) in [5.74, 6) is -1.83. The fourth-order valence-electron chi connectivity index (χ4n) is 4.38. The molecule has 30 heavy (non-hydrogen) atoms. The number of benzene rings is 1. The third-order valence-corrected chi connectivity index (χ3v) is 5.63. The molecular formula is C22H23N3O5. The molecule has 1 aromatic carbocycles. The number of pyridine rings is 1. The standard InChI is InChI=1S/C22H23N3O5/c1-2-30-22(29)20(27)23-17-7-4-3-6-16(17)21(28)24-11-14-10-15(13-24)18-8-5-9-19(26)25(18)12-14/h3-9,14-15H,2,10-13H2,1H3,(H,23,27)/t14-,15-/m1/s1. The molecule has 1 aromatic heterocycles. The van der Waals surface area contributed by atoms with Gasteiger partial charge in [-0.05, 0) is 37.5 Å². The molecule has 4 rings (SSSR count). The molecule has 3 heterocycles. The molecule has 2 aliphatic rings. The van der Waals surface area contributed by atoms with Gasteiger partial charge in [0, 0.05) is 37.3 Å². The average molecular weight is 409 g/mol. The van der Waals surface area contributed by atoms with Gasteiger partial charge >= 0.3 is 11.9 Å². The fraction of sp³-hybridized carbons (Fsp3) is 0.364. The number of hydrogen-bond donors (Lipinski definition) is 1. The molecular weight excluding hydrogens is 386 g/mol. The van der Waals surface area contributed by atoms with Crippen molar-refractivity contribution in [3.63, 3.8) is 0 Å². The molecule has 0 saturated carbocycles. The molecule has 0 radical (unpaired) electrons. The number of carbonyl (C=O) groups excluding carboxylic acids is 3. The Morgan fingerprint density at radius 1 is 1.07 bits per heavy atom. The lowest BCUT2D eigenvalue weighted by atomic mass is 9.83. The SMILES string of the molecule is CCOC(=O)C(=O)Nc1ccccc1C(=O)N1C[C@H]2C[C@H](C1)c1cccc(=O)n1C2. The van der Waals surface area contributed by atoms with Gasteiger partial charge in [0.25, 0.3) is 11.5 Å². The maximum absolute atomic E-state index is 13.3. The number of nitrogens with zero attached hydrogens (tertiary/aromatic N) is 2. The molecule has 2 bridgehead atoms. The summed E-state index contributed by atoms with van der Waals surface area (Å²) in [6.07, 6.45) is 0.939. The summed E-state index contributed by atoms with van der Waals surface area (Å²) in [6, 6.07) is 11.9. The van der Waals surface area contributed by atoms with Crippen molar-refractivity contribution < 1.29 is 19.1 Å². The van der Waals surface area contributed by atoms with E-state index in [1.165, 1.54) is 0 Å². The van der Waals surface area contributed by atoms with Crippen molar-refractivity contribution in [2.24, 2.45) is 5.92 Å². The number of nitrogens with one attached hydrogen (secondary N) is 1. The zero-order valence-corrected chi connectivity index (χ0v) is 16.7. The number of fused-ring (bicyclic) bond motifs is 4. The van der Waals surface area contributed by atoms with Crippen LogP contribution in [-0.2, 0) is 20.9 Å². The average Bonchev–Trinajstić information content (AvgIpc) is 2.74. The zero-order valence-electron chi connectivity index (χ0n) is 16.7. The largest absolute Gasteiger partial charge is 0.459 e. The van der Waals surface area contributed by atoms with Crippen LogP contribution in [0, 0.1) is 5.92 Å². The Bertz CT molecular complexity index is 1060. The van der Waals surface area contributed by atoms with Gasteiger partial charge in [-0.2, -0.15) is 0 Å². The quantitative estimate of drug-likeness (QED) is 0.614. The molecule has 8 nitrogen and oxygen atoms in total. The Balaban J connectivity index is 1.56. The Morgan fingerprint density at radius 3 is 2.67 bits per heavy atom. The topological polar surface area (TPSA) is 97.7 Å². The number of aromatic nitrogens is 1. The number of ether oxygens (including phenoxy) is 1. The van der Waals surface area contributed by atoms with Gasteiger partial charge in [0.1, 0.15) is 0 Å². The van der Waals surface area contributed by atoms with E-state index in [0.717, 1.165) is 12.1 Å². The molecule has 2 aliphatic heterocycles. The number of carbonyl (C=O) groups is 3. The first-order valence-corrected chi connectivity index (χ1v) is 10.0. The van der Waals surface area contributed by atoms with Crippen LogP contribution in [0.2, 0.25) is 0 Å². The maximum Gasteiger partial charge on any atom is 0.397 e. The van der Waals surface area contributed by atoms with Gasteiger partial charge in [-0.1, -0.05) is 18.2 Å². The minimum absolute atomic E-state index is 0.00556. The number of rotatable bonds is 3. The molecule has 1 saturated heterocycles. The van der Waals surface area contributed by atoms with E-state index in [1.54, 1.807) is 48.2 Å². The second-order valence-electron chi connectivity index (χ2n) is 7.63. The molecule has 1 fully saturated rings. The molecule has 8 heteroatoms. The number of para-hydroxylation sites is 1. The Kier molecular flexibility index (Phi) is 5.39. The third-order valence-electron chi connectivity index (χ3n) is 5.63. The Labute approximate surface area is 173 Å². The number of piperidine rings is 1. The molecule has 2 atom stereocenters. The highest BCUT2D eigenvalue weighted by Crippen LogP contribution is 2.35. The van der Waals surface area contributed by atoms with Gasteiger partial charge in [-0.3, -0.25) is 14.4 Å². The summed E-state index contributed by atoms with van der Waals surface area (Å²) in [4.78, 5) is 50.9. The van der Waals surface area contributed by atoms with Crippen molar-refractivity contribution in [3.05, 3.63) is 64.1 Å². The van der Waals surface area contributed by atoms with E-state index < -0.39 is 11.9 Å². The van der Waals surface area contributed by atoms with Crippen molar-refractivity contribution in [1.29, 1.82) is 0 Å². The maximum atomic E-state index is 13.3. The first kappa shape index (κ1) is 19.9. The number of amides is 2. The van der Waals surface area contributed by atoms with Gasteiger partial charge in [0.05, 0.1) is 17.9 Å². The predicted molar refractivity (Wildman–Crippen MR) is 109 cm³/mol. The highest BCUT2D eigenvalue weighted by atomic mass is 16.5. The van der Waals surface area contributed by atoms with Crippen LogP contribution in [0.4, 0.5) is 5.69 Å². The predicted octanol–water partition coefficient (Wildman–Crippen LogP) is 1.61. The summed E-state index contributed by atoms with van der Waals surface area (Å²) in [5.41, 5.74) is 1.54. The second kappa shape index (κ2) is 8.14.